The van der Waals surface area contributed by atoms with Gasteiger partial charge in [0.25, 0.3) is 5.91 Å². The number of nitriles is 1. The number of amides is 1. The Balaban J connectivity index is 2.03. The third-order valence-corrected chi connectivity index (χ3v) is 4.30. The molecule has 1 amide bonds. The lowest BCUT2D eigenvalue weighted by atomic mass is 10.1. The van der Waals surface area contributed by atoms with Crippen molar-refractivity contribution in [3.8, 4) is 23.3 Å². The molecule has 0 aliphatic carbocycles. The van der Waals surface area contributed by atoms with Gasteiger partial charge >= 0.3 is 0 Å². The Morgan fingerprint density at radius 1 is 1.07 bits per heavy atom. The van der Waals surface area contributed by atoms with Crippen LogP contribution < -0.4 is 19.5 Å². The first-order chi connectivity index (χ1) is 14.1. The van der Waals surface area contributed by atoms with Crippen LogP contribution in [0, 0.1) is 11.3 Å². The van der Waals surface area contributed by atoms with E-state index in [-0.39, 0.29) is 12.2 Å². The van der Waals surface area contributed by atoms with Crippen LogP contribution in [-0.2, 0) is 17.8 Å². The van der Waals surface area contributed by atoms with Crippen molar-refractivity contribution in [1.82, 2.24) is 5.32 Å². The number of aliphatic hydroxyl groups is 1. The lowest BCUT2D eigenvalue weighted by Crippen LogP contribution is -2.26. The Bertz CT molecular complexity index is 931. The zero-order valence-electron chi connectivity index (χ0n) is 16.7. The monoisotopic (exact) mass is 396 g/mol. The zero-order valence-corrected chi connectivity index (χ0v) is 16.7. The Morgan fingerprint density at radius 3 is 2.38 bits per heavy atom. The summed E-state index contributed by atoms with van der Waals surface area (Å²) in [4.78, 5) is 12.3. The number of ether oxygens (including phenoxy) is 3. The van der Waals surface area contributed by atoms with Crippen LogP contribution in [0.1, 0.15) is 16.7 Å². The number of rotatable bonds is 9. The van der Waals surface area contributed by atoms with Crippen LogP contribution in [0.25, 0.3) is 6.08 Å². The van der Waals surface area contributed by atoms with Crippen LogP contribution in [0.2, 0.25) is 0 Å². The molecule has 0 saturated carbocycles. The van der Waals surface area contributed by atoms with Gasteiger partial charge in [0.15, 0.2) is 11.5 Å². The van der Waals surface area contributed by atoms with Crippen LogP contribution in [0.4, 0.5) is 0 Å². The van der Waals surface area contributed by atoms with E-state index in [0.29, 0.717) is 41.3 Å². The maximum atomic E-state index is 12.3. The number of hydrogen-bond acceptors (Lipinski definition) is 6. The molecule has 152 valence electrons. The molecule has 0 aliphatic heterocycles. The normalized spacial score (nSPS) is 10.8. The molecule has 2 N–H and O–H groups in total. The number of nitrogens with one attached hydrogen (secondary N) is 1. The highest BCUT2D eigenvalue weighted by Crippen LogP contribution is 2.27. The van der Waals surface area contributed by atoms with Gasteiger partial charge in [0.2, 0.25) is 0 Å². The average molecular weight is 396 g/mol. The standard InChI is InChI=1S/C22H24N2O5/c1-27-19-6-5-16(11-18(19)14-25)10-17(13-23)22(26)24-9-8-15-4-7-20(28-2)21(12-15)29-3/h4-7,10-12,25H,8-9,14H2,1-3H3,(H,24,26)/b17-10-. The quantitative estimate of drug-likeness (QED) is 0.499. The van der Waals surface area contributed by atoms with E-state index in [2.05, 4.69) is 5.32 Å². The number of aliphatic hydroxyl groups excluding tert-OH is 1. The van der Waals surface area contributed by atoms with Gasteiger partial charge in [0, 0.05) is 12.1 Å². The van der Waals surface area contributed by atoms with Gasteiger partial charge in [-0.3, -0.25) is 4.79 Å². The predicted octanol–water partition coefficient (Wildman–Crippen LogP) is 2.47. The topological polar surface area (TPSA) is 101 Å². The molecule has 0 fully saturated rings. The first-order valence-corrected chi connectivity index (χ1v) is 8.95. The maximum Gasteiger partial charge on any atom is 0.261 e. The lowest BCUT2D eigenvalue weighted by Gasteiger charge is -2.10. The zero-order chi connectivity index (χ0) is 21.2. The predicted molar refractivity (Wildman–Crippen MR) is 109 cm³/mol. The third-order valence-electron chi connectivity index (χ3n) is 4.30. The van der Waals surface area contributed by atoms with Crippen molar-refractivity contribution in [1.29, 1.82) is 5.26 Å². The fourth-order valence-corrected chi connectivity index (χ4v) is 2.78. The number of nitrogens with zero attached hydrogens (tertiary/aromatic N) is 1. The number of carbonyl (C=O) groups is 1. The second kappa shape index (κ2) is 10.7. The fraction of sp³-hybridized carbons (Fsp3) is 0.273. The van der Waals surface area contributed by atoms with Crippen molar-refractivity contribution < 1.29 is 24.1 Å². The molecule has 7 nitrogen and oxygen atoms in total. The van der Waals surface area contributed by atoms with E-state index in [1.165, 1.54) is 13.2 Å². The lowest BCUT2D eigenvalue weighted by molar-refractivity contribution is -0.117. The Hall–Kier alpha value is -3.50. The van der Waals surface area contributed by atoms with Crippen molar-refractivity contribution in [2.75, 3.05) is 27.9 Å². The minimum atomic E-state index is -0.464. The highest BCUT2D eigenvalue weighted by Gasteiger charge is 2.10. The second-order valence-electron chi connectivity index (χ2n) is 6.09. The molecule has 7 heteroatoms. The summed E-state index contributed by atoms with van der Waals surface area (Å²) in [5.41, 5.74) is 2.15. The van der Waals surface area contributed by atoms with E-state index in [4.69, 9.17) is 14.2 Å². The van der Waals surface area contributed by atoms with Gasteiger partial charge in [-0.05, 0) is 47.9 Å². The van der Waals surface area contributed by atoms with Crippen LogP contribution in [0.5, 0.6) is 17.2 Å². The highest BCUT2D eigenvalue weighted by molar-refractivity contribution is 6.01. The molecule has 0 heterocycles. The van der Waals surface area contributed by atoms with Crippen molar-refractivity contribution in [3.63, 3.8) is 0 Å². The molecule has 2 aromatic rings. The van der Waals surface area contributed by atoms with Crippen molar-refractivity contribution in [2.45, 2.75) is 13.0 Å². The van der Waals surface area contributed by atoms with Gasteiger partial charge in [-0.1, -0.05) is 12.1 Å². The SMILES string of the molecule is COc1ccc(/C=C(/C#N)C(=O)NCCc2ccc(OC)c(OC)c2)cc1CO. The van der Waals surface area contributed by atoms with Crippen molar-refractivity contribution in [3.05, 3.63) is 58.7 Å². The van der Waals surface area contributed by atoms with Gasteiger partial charge in [-0.2, -0.15) is 5.26 Å². The average Bonchev–Trinajstić information content (AvgIpc) is 2.76. The molecule has 0 unspecified atom stereocenters. The summed E-state index contributed by atoms with van der Waals surface area (Å²) in [6, 6.07) is 12.5. The highest BCUT2D eigenvalue weighted by atomic mass is 16.5. The molecule has 0 bridgehead atoms. The van der Waals surface area contributed by atoms with Crippen LogP contribution in [-0.4, -0.2) is 38.9 Å². The molecule has 29 heavy (non-hydrogen) atoms. The molecule has 0 atom stereocenters. The van der Waals surface area contributed by atoms with E-state index >= 15 is 0 Å². The molecule has 0 aliphatic rings. The van der Waals surface area contributed by atoms with Gasteiger partial charge < -0.3 is 24.6 Å². The first kappa shape index (κ1) is 21.8. The Labute approximate surface area is 170 Å². The van der Waals surface area contributed by atoms with E-state index in [0.717, 1.165) is 5.56 Å². The Kier molecular flexibility index (Phi) is 8.07. The molecular formula is C22H24N2O5. The molecule has 2 rings (SSSR count). The molecule has 2 aromatic carbocycles. The van der Waals surface area contributed by atoms with Gasteiger partial charge in [0.1, 0.15) is 17.4 Å². The minimum Gasteiger partial charge on any atom is -0.496 e. The van der Waals surface area contributed by atoms with Crippen molar-refractivity contribution in [2.24, 2.45) is 0 Å². The molecular weight excluding hydrogens is 372 g/mol. The van der Waals surface area contributed by atoms with Gasteiger partial charge in [-0.15, -0.1) is 0 Å². The summed E-state index contributed by atoms with van der Waals surface area (Å²) in [6.07, 6.45) is 2.05. The van der Waals surface area contributed by atoms with Crippen LogP contribution in [0.3, 0.4) is 0 Å². The second-order valence-corrected chi connectivity index (χ2v) is 6.09. The summed E-state index contributed by atoms with van der Waals surface area (Å²) in [7, 11) is 4.64. The van der Waals surface area contributed by atoms with E-state index < -0.39 is 5.91 Å². The molecule has 0 spiro atoms. The first-order valence-electron chi connectivity index (χ1n) is 8.95. The van der Waals surface area contributed by atoms with Gasteiger partial charge in [-0.25, -0.2) is 0 Å². The Morgan fingerprint density at radius 2 is 1.76 bits per heavy atom. The summed E-state index contributed by atoms with van der Waals surface area (Å²) >= 11 is 0. The van der Waals surface area contributed by atoms with E-state index in [9.17, 15) is 15.2 Å². The molecule has 0 aromatic heterocycles. The van der Waals surface area contributed by atoms with Crippen LogP contribution >= 0.6 is 0 Å². The fourth-order valence-electron chi connectivity index (χ4n) is 2.78. The van der Waals surface area contributed by atoms with Crippen molar-refractivity contribution >= 4 is 12.0 Å². The number of hydrogen-bond donors (Lipinski definition) is 2. The molecule has 0 saturated heterocycles. The van der Waals surface area contributed by atoms with Crippen LogP contribution in [0.15, 0.2) is 42.0 Å². The minimum absolute atomic E-state index is 0.0219. The maximum absolute atomic E-state index is 12.3. The smallest absolute Gasteiger partial charge is 0.261 e. The number of methoxy groups -OCH3 is 3. The third kappa shape index (κ3) is 5.74. The summed E-state index contributed by atoms with van der Waals surface area (Å²) in [6.45, 7) is 0.155. The largest absolute Gasteiger partial charge is 0.496 e. The molecule has 0 radical (unpaired) electrons. The van der Waals surface area contributed by atoms with E-state index in [1.54, 1.807) is 38.5 Å². The summed E-state index contributed by atoms with van der Waals surface area (Å²) in [5.74, 6) is 1.33. The van der Waals surface area contributed by atoms with Gasteiger partial charge in [0.05, 0.1) is 27.9 Å². The number of carbonyl (C=O) groups excluding carboxylic acids is 1. The van der Waals surface area contributed by atoms with E-state index in [1.807, 2.05) is 18.2 Å². The number of benzene rings is 2. The summed E-state index contributed by atoms with van der Waals surface area (Å²) in [5, 5.41) is 21.5. The summed E-state index contributed by atoms with van der Waals surface area (Å²) < 4.78 is 15.6.